The number of hydrogen-bond donors (Lipinski definition) is 2. The maximum atomic E-state index is 12.3. The van der Waals surface area contributed by atoms with Crippen LogP contribution in [0.4, 0.5) is 0 Å². The highest BCUT2D eigenvalue weighted by atomic mass is 16.1. The normalized spacial score (nSPS) is 10.3. The number of aromatic amines is 1. The molecule has 3 aromatic rings. The Morgan fingerprint density at radius 3 is 2.65 bits per heavy atom. The molecule has 0 unspecified atom stereocenters. The van der Waals surface area contributed by atoms with Gasteiger partial charge < -0.3 is 5.32 Å². The average molecular weight is 347 g/mol. The van der Waals surface area contributed by atoms with E-state index < -0.39 is 0 Å². The number of pyridine rings is 1. The summed E-state index contributed by atoms with van der Waals surface area (Å²) in [6, 6.07) is 12.7. The molecule has 0 saturated carbocycles. The summed E-state index contributed by atoms with van der Waals surface area (Å²) < 4.78 is 1.52. The van der Waals surface area contributed by atoms with Crippen molar-refractivity contribution in [3.63, 3.8) is 0 Å². The topological polar surface area (TPSA) is 104 Å². The number of nitrogens with one attached hydrogen (secondary N) is 2. The van der Waals surface area contributed by atoms with Crippen LogP contribution in [0.5, 0.6) is 0 Å². The van der Waals surface area contributed by atoms with Gasteiger partial charge in [-0.15, -0.1) is 0 Å². The molecule has 0 bridgehead atoms. The van der Waals surface area contributed by atoms with Gasteiger partial charge in [-0.2, -0.15) is 5.26 Å². The first kappa shape index (κ1) is 17.2. The third-order valence-electron chi connectivity index (χ3n) is 3.87. The van der Waals surface area contributed by atoms with Crippen molar-refractivity contribution in [1.29, 1.82) is 5.26 Å². The smallest absolute Gasteiger partial charge is 0.272 e. The minimum absolute atomic E-state index is 0.189. The van der Waals surface area contributed by atoms with E-state index >= 15 is 0 Å². The van der Waals surface area contributed by atoms with Gasteiger partial charge in [0.15, 0.2) is 5.82 Å². The summed E-state index contributed by atoms with van der Waals surface area (Å²) in [5.41, 5.74) is 2.37. The number of benzene rings is 1. The minimum atomic E-state index is -0.243. The number of hydrogen-bond acceptors (Lipinski definition) is 4. The van der Waals surface area contributed by atoms with E-state index in [1.165, 1.54) is 10.9 Å². The summed E-state index contributed by atoms with van der Waals surface area (Å²) in [6.45, 7) is 2.39. The van der Waals surface area contributed by atoms with Crippen molar-refractivity contribution in [3.8, 4) is 23.0 Å². The second kappa shape index (κ2) is 7.49. The fraction of sp³-hybridized carbons (Fsp3) is 0.158. The van der Waals surface area contributed by atoms with Gasteiger partial charge in [-0.1, -0.05) is 24.3 Å². The van der Waals surface area contributed by atoms with Crippen molar-refractivity contribution in [2.75, 3.05) is 6.54 Å². The van der Waals surface area contributed by atoms with Crippen LogP contribution in [0.2, 0.25) is 0 Å². The summed E-state index contributed by atoms with van der Waals surface area (Å²) in [5, 5.41) is 14.1. The maximum absolute atomic E-state index is 12.3. The van der Waals surface area contributed by atoms with E-state index in [0.717, 1.165) is 11.1 Å². The monoisotopic (exact) mass is 347 g/mol. The lowest BCUT2D eigenvalue weighted by molar-refractivity contribution is 0.0955. The molecule has 7 nitrogen and oxygen atoms in total. The Hall–Kier alpha value is -3.66. The average Bonchev–Trinajstić information content (AvgIpc) is 3.05. The number of carbonyl (C=O) groups is 1. The van der Waals surface area contributed by atoms with Crippen molar-refractivity contribution in [3.05, 3.63) is 70.3 Å². The number of H-pyrrole nitrogens is 1. The van der Waals surface area contributed by atoms with Crippen LogP contribution in [-0.2, 0) is 6.42 Å². The number of nitriles is 1. The number of carbonyl (C=O) groups excluding carboxylic acids is 1. The van der Waals surface area contributed by atoms with Crippen molar-refractivity contribution < 1.29 is 4.79 Å². The van der Waals surface area contributed by atoms with Crippen molar-refractivity contribution in [1.82, 2.24) is 20.1 Å². The van der Waals surface area contributed by atoms with E-state index in [2.05, 4.69) is 21.5 Å². The molecular formula is C19H17N5O2. The highest BCUT2D eigenvalue weighted by Gasteiger charge is 2.10. The molecule has 0 aliphatic heterocycles. The van der Waals surface area contributed by atoms with Crippen LogP contribution in [0, 0.1) is 11.3 Å². The molecule has 3 rings (SSSR count). The Morgan fingerprint density at radius 1 is 1.27 bits per heavy atom. The summed E-state index contributed by atoms with van der Waals surface area (Å²) in [6.07, 6.45) is 3.46. The van der Waals surface area contributed by atoms with Crippen LogP contribution in [-0.4, -0.2) is 27.2 Å². The molecule has 2 heterocycles. The van der Waals surface area contributed by atoms with Crippen molar-refractivity contribution in [2.24, 2.45) is 0 Å². The molecule has 0 spiro atoms. The van der Waals surface area contributed by atoms with Gasteiger partial charge in [-0.25, -0.2) is 9.67 Å². The van der Waals surface area contributed by atoms with E-state index in [1.54, 1.807) is 18.3 Å². The van der Waals surface area contributed by atoms with Gasteiger partial charge in [-0.05, 0) is 30.2 Å². The standard InChI is InChI=1S/C19H17N5O2/c1-2-21-18(25)15-7-8-17(22-11-15)24-12-16(19(26)23-24)14-5-3-13(4-6-14)9-10-20/h3-8,11-12H,2,9H2,1H3,(H,21,25)(H,23,26). The van der Waals surface area contributed by atoms with Gasteiger partial charge in [-0.3, -0.25) is 14.7 Å². The lowest BCUT2D eigenvalue weighted by atomic mass is 10.1. The highest BCUT2D eigenvalue weighted by Crippen LogP contribution is 2.17. The summed E-state index contributed by atoms with van der Waals surface area (Å²) >= 11 is 0. The Kier molecular flexibility index (Phi) is 4.94. The van der Waals surface area contributed by atoms with Gasteiger partial charge in [0.1, 0.15) is 0 Å². The predicted molar refractivity (Wildman–Crippen MR) is 96.9 cm³/mol. The molecule has 0 atom stereocenters. The zero-order chi connectivity index (χ0) is 18.5. The quantitative estimate of drug-likeness (QED) is 0.737. The van der Waals surface area contributed by atoms with Crippen LogP contribution >= 0.6 is 0 Å². The third-order valence-corrected chi connectivity index (χ3v) is 3.87. The largest absolute Gasteiger partial charge is 0.352 e. The van der Waals surface area contributed by atoms with E-state index in [0.29, 0.717) is 29.9 Å². The number of amides is 1. The Balaban J connectivity index is 1.87. The second-order valence-corrected chi connectivity index (χ2v) is 5.65. The predicted octanol–water partition coefficient (Wildman–Crippen LogP) is 2.04. The summed E-state index contributed by atoms with van der Waals surface area (Å²) in [7, 11) is 0. The molecule has 0 fully saturated rings. The van der Waals surface area contributed by atoms with E-state index in [-0.39, 0.29) is 11.5 Å². The molecule has 0 radical (unpaired) electrons. The molecule has 0 aliphatic carbocycles. The van der Waals surface area contributed by atoms with Crippen LogP contribution < -0.4 is 10.9 Å². The Labute approximate surface area is 149 Å². The zero-order valence-corrected chi connectivity index (χ0v) is 14.2. The highest BCUT2D eigenvalue weighted by molar-refractivity contribution is 5.93. The van der Waals surface area contributed by atoms with E-state index in [9.17, 15) is 9.59 Å². The number of rotatable bonds is 5. The second-order valence-electron chi connectivity index (χ2n) is 5.65. The first-order valence-corrected chi connectivity index (χ1v) is 8.15. The first-order chi connectivity index (χ1) is 12.6. The third kappa shape index (κ3) is 3.54. The van der Waals surface area contributed by atoms with E-state index in [1.807, 2.05) is 31.2 Å². The first-order valence-electron chi connectivity index (χ1n) is 8.15. The molecule has 1 amide bonds. The Morgan fingerprint density at radius 2 is 2.04 bits per heavy atom. The fourth-order valence-electron chi connectivity index (χ4n) is 2.54. The zero-order valence-electron chi connectivity index (χ0n) is 14.2. The van der Waals surface area contributed by atoms with Crippen LogP contribution in [0.15, 0.2) is 53.6 Å². The van der Waals surface area contributed by atoms with E-state index in [4.69, 9.17) is 5.26 Å². The molecule has 130 valence electrons. The minimum Gasteiger partial charge on any atom is -0.352 e. The van der Waals surface area contributed by atoms with Gasteiger partial charge in [0.2, 0.25) is 0 Å². The van der Waals surface area contributed by atoms with Gasteiger partial charge in [0.25, 0.3) is 11.5 Å². The van der Waals surface area contributed by atoms with Gasteiger partial charge in [0, 0.05) is 18.9 Å². The molecule has 2 aromatic heterocycles. The van der Waals surface area contributed by atoms with Gasteiger partial charge in [0.05, 0.1) is 23.6 Å². The summed E-state index contributed by atoms with van der Waals surface area (Å²) in [4.78, 5) is 28.3. The molecule has 1 aromatic carbocycles. The fourth-order valence-corrected chi connectivity index (χ4v) is 2.54. The Bertz CT molecular complexity index is 1010. The van der Waals surface area contributed by atoms with Crippen LogP contribution in [0.1, 0.15) is 22.8 Å². The lowest BCUT2D eigenvalue weighted by Gasteiger charge is -2.04. The lowest BCUT2D eigenvalue weighted by Crippen LogP contribution is -2.22. The molecule has 26 heavy (non-hydrogen) atoms. The van der Waals surface area contributed by atoms with Crippen LogP contribution in [0.25, 0.3) is 16.9 Å². The molecule has 0 aliphatic rings. The van der Waals surface area contributed by atoms with Crippen molar-refractivity contribution >= 4 is 5.91 Å². The maximum Gasteiger partial charge on any atom is 0.272 e. The SMILES string of the molecule is CCNC(=O)c1ccc(-n2cc(-c3ccc(CC#N)cc3)c(=O)[nH]2)nc1. The number of aromatic nitrogens is 3. The molecule has 2 N–H and O–H groups in total. The van der Waals surface area contributed by atoms with Crippen LogP contribution in [0.3, 0.4) is 0 Å². The van der Waals surface area contributed by atoms with Crippen molar-refractivity contribution in [2.45, 2.75) is 13.3 Å². The van der Waals surface area contributed by atoms with Gasteiger partial charge >= 0.3 is 0 Å². The summed E-state index contributed by atoms with van der Waals surface area (Å²) in [5.74, 6) is 0.313. The molecular weight excluding hydrogens is 330 g/mol. The number of nitrogens with zero attached hydrogens (tertiary/aromatic N) is 3. The molecule has 0 saturated heterocycles. The molecule has 7 heteroatoms.